The van der Waals surface area contributed by atoms with Crippen LogP contribution in [0.25, 0.3) is 0 Å². The number of amides is 1. The molecule has 0 bridgehead atoms. The minimum Gasteiger partial charge on any atom is -0.340 e. The van der Waals surface area contributed by atoms with Gasteiger partial charge in [-0.1, -0.05) is 30.3 Å². The van der Waals surface area contributed by atoms with Crippen LogP contribution in [0.15, 0.2) is 30.3 Å². The van der Waals surface area contributed by atoms with Gasteiger partial charge in [0.05, 0.1) is 0 Å². The number of rotatable bonds is 7. The zero-order valence-electron chi connectivity index (χ0n) is 12.8. The van der Waals surface area contributed by atoms with Gasteiger partial charge >= 0.3 is 11.7 Å². The summed E-state index contributed by atoms with van der Waals surface area (Å²) in [5, 5.41) is 0. The van der Waals surface area contributed by atoms with Gasteiger partial charge in [-0.15, -0.1) is 0 Å². The van der Waals surface area contributed by atoms with E-state index in [1.807, 2.05) is 30.3 Å². The smallest absolute Gasteiger partial charge is 0.327 e. The molecule has 1 amide bonds. The number of nitrogens with zero attached hydrogens (tertiary/aromatic N) is 1. The molecule has 0 spiro atoms. The second-order valence-corrected chi connectivity index (χ2v) is 4.71. The van der Waals surface area contributed by atoms with Gasteiger partial charge in [-0.3, -0.25) is 9.69 Å². The lowest BCUT2D eigenvalue weighted by molar-refractivity contribution is -0.457. The summed E-state index contributed by atoms with van der Waals surface area (Å²) in [6.45, 7) is 0.443. The lowest BCUT2D eigenvalue weighted by Crippen LogP contribution is -2.85. The normalized spacial score (nSPS) is 19.4. The third-order valence-electron chi connectivity index (χ3n) is 3.89. The predicted molar refractivity (Wildman–Crippen MR) is 75.4 cm³/mol. The molecule has 0 atom stereocenters. The van der Waals surface area contributed by atoms with Crippen molar-refractivity contribution in [2.75, 3.05) is 35.0 Å². The van der Waals surface area contributed by atoms with Gasteiger partial charge in [-0.25, -0.2) is 0 Å². The molecule has 0 aliphatic carbocycles. The highest BCUT2D eigenvalue weighted by Gasteiger charge is 2.76. The van der Waals surface area contributed by atoms with E-state index < -0.39 is 11.7 Å². The number of carbonyl (C=O) groups excluding carboxylic acids is 1. The van der Waals surface area contributed by atoms with E-state index in [4.69, 9.17) is 18.9 Å². The van der Waals surface area contributed by atoms with Gasteiger partial charge in [0.15, 0.2) is 0 Å². The molecule has 0 N–H and O–H groups in total. The molecule has 1 heterocycles. The maximum absolute atomic E-state index is 12.4. The second-order valence-electron chi connectivity index (χ2n) is 4.71. The molecule has 1 fully saturated rings. The van der Waals surface area contributed by atoms with Crippen molar-refractivity contribution in [2.45, 2.75) is 18.1 Å². The van der Waals surface area contributed by atoms with Crippen LogP contribution in [0.4, 0.5) is 0 Å². The van der Waals surface area contributed by atoms with Crippen LogP contribution < -0.4 is 0 Å². The highest BCUT2D eigenvalue weighted by atomic mass is 16.8. The Morgan fingerprint density at radius 1 is 0.952 bits per heavy atom. The molecule has 2 rings (SSSR count). The Balaban J connectivity index is 2.18. The van der Waals surface area contributed by atoms with Crippen LogP contribution in [0.2, 0.25) is 0 Å². The highest BCUT2D eigenvalue weighted by molar-refractivity contribution is 5.92. The summed E-state index contributed by atoms with van der Waals surface area (Å²) in [5.74, 6) is -3.25. The number of ether oxygens (including phenoxy) is 4. The monoisotopic (exact) mass is 295 g/mol. The highest BCUT2D eigenvalue weighted by Crippen LogP contribution is 2.45. The first kappa shape index (κ1) is 15.9. The van der Waals surface area contributed by atoms with Gasteiger partial charge in [0.25, 0.3) is 5.91 Å². The third kappa shape index (κ3) is 2.15. The van der Waals surface area contributed by atoms with E-state index in [1.54, 1.807) is 0 Å². The summed E-state index contributed by atoms with van der Waals surface area (Å²) in [4.78, 5) is 13.9. The van der Waals surface area contributed by atoms with Crippen molar-refractivity contribution in [1.82, 2.24) is 4.90 Å². The van der Waals surface area contributed by atoms with Gasteiger partial charge in [0.1, 0.15) is 0 Å². The van der Waals surface area contributed by atoms with Crippen LogP contribution in [0.5, 0.6) is 0 Å². The fraction of sp³-hybridized carbons (Fsp3) is 0.533. The van der Waals surface area contributed by atoms with Crippen molar-refractivity contribution in [3.05, 3.63) is 35.9 Å². The number of benzene rings is 1. The lowest BCUT2D eigenvalue weighted by Gasteiger charge is -2.58. The van der Waals surface area contributed by atoms with E-state index in [-0.39, 0.29) is 5.91 Å². The quantitative estimate of drug-likeness (QED) is 0.555. The molecule has 6 heteroatoms. The molecular formula is C15H21NO5. The average molecular weight is 295 g/mol. The minimum absolute atomic E-state index is 0.313. The summed E-state index contributed by atoms with van der Waals surface area (Å²) >= 11 is 0. The van der Waals surface area contributed by atoms with E-state index in [2.05, 4.69) is 0 Å². The van der Waals surface area contributed by atoms with Crippen molar-refractivity contribution in [3.8, 4) is 0 Å². The summed E-state index contributed by atoms with van der Waals surface area (Å²) in [6, 6.07) is 9.88. The summed E-state index contributed by atoms with van der Waals surface area (Å²) in [6.07, 6.45) is 0.685. The number of likely N-dealkylation sites (tertiary alicyclic amines) is 1. The molecule has 1 aliphatic heterocycles. The topological polar surface area (TPSA) is 57.2 Å². The van der Waals surface area contributed by atoms with Gasteiger partial charge < -0.3 is 18.9 Å². The summed E-state index contributed by atoms with van der Waals surface area (Å²) in [5.41, 5.74) is 1.12. The Kier molecular flexibility index (Phi) is 4.63. The van der Waals surface area contributed by atoms with Gasteiger partial charge in [0.2, 0.25) is 0 Å². The van der Waals surface area contributed by atoms with Gasteiger partial charge in [-0.2, -0.15) is 0 Å². The van der Waals surface area contributed by atoms with E-state index in [1.165, 1.54) is 33.3 Å². The molecule has 116 valence electrons. The van der Waals surface area contributed by atoms with Gasteiger partial charge in [-0.05, 0) is 12.0 Å². The maximum atomic E-state index is 12.4. The van der Waals surface area contributed by atoms with Crippen molar-refractivity contribution in [2.24, 2.45) is 0 Å². The summed E-state index contributed by atoms with van der Waals surface area (Å²) in [7, 11) is 5.70. The van der Waals surface area contributed by atoms with Crippen molar-refractivity contribution in [1.29, 1.82) is 0 Å². The van der Waals surface area contributed by atoms with E-state index in [0.717, 1.165) is 5.56 Å². The first-order valence-corrected chi connectivity index (χ1v) is 6.68. The molecule has 1 aliphatic rings. The van der Waals surface area contributed by atoms with Crippen molar-refractivity contribution in [3.63, 3.8) is 0 Å². The zero-order valence-corrected chi connectivity index (χ0v) is 12.8. The molecule has 1 aromatic carbocycles. The molecule has 6 nitrogen and oxygen atoms in total. The van der Waals surface area contributed by atoms with Crippen LogP contribution in [0.1, 0.15) is 5.56 Å². The van der Waals surface area contributed by atoms with Crippen LogP contribution in [0.3, 0.4) is 0 Å². The van der Waals surface area contributed by atoms with Crippen molar-refractivity contribution >= 4 is 5.91 Å². The number of hydrogen-bond donors (Lipinski definition) is 0. The van der Waals surface area contributed by atoms with E-state index >= 15 is 0 Å². The lowest BCUT2D eigenvalue weighted by atomic mass is 9.97. The Morgan fingerprint density at radius 3 is 2.00 bits per heavy atom. The molecule has 21 heavy (non-hydrogen) atoms. The minimum atomic E-state index is -1.56. The SMILES string of the molecule is COC1(OC)C(=O)N(CCc2ccccc2)C1(OC)OC. The molecule has 1 saturated heterocycles. The number of methoxy groups -OCH3 is 4. The molecule has 0 unspecified atom stereocenters. The van der Waals surface area contributed by atoms with Crippen LogP contribution in [-0.4, -0.2) is 57.5 Å². The largest absolute Gasteiger partial charge is 0.340 e. The molecular weight excluding hydrogens is 274 g/mol. The first-order valence-electron chi connectivity index (χ1n) is 6.68. The van der Waals surface area contributed by atoms with E-state index in [0.29, 0.717) is 13.0 Å². The number of carbonyl (C=O) groups is 1. The third-order valence-corrected chi connectivity index (χ3v) is 3.89. The standard InChI is InChI=1S/C15H21NO5/c1-18-14(19-2)13(17)16(15(14,20-3)21-4)11-10-12-8-6-5-7-9-12/h5-9H,10-11H2,1-4H3. The second kappa shape index (κ2) is 6.11. The van der Waals surface area contributed by atoms with E-state index in [9.17, 15) is 4.79 Å². The fourth-order valence-corrected chi connectivity index (χ4v) is 2.79. The Labute approximate surface area is 124 Å². The van der Waals surface area contributed by atoms with Crippen LogP contribution in [-0.2, 0) is 30.2 Å². The maximum Gasteiger partial charge on any atom is 0.327 e. The number of hydrogen-bond acceptors (Lipinski definition) is 5. The summed E-state index contributed by atoms with van der Waals surface area (Å²) < 4.78 is 21.4. The molecule has 0 radical (unpaired) electrons. The van der Waals surface area contributed by atoms with Gasteiger partial charge in [0, 0.05) is 35.0 Å². The zero-order chi connectivity index (χ0) is 15.5. The van der Waals surface area contributed by atoms with Crippen LogP contribution in [0, 0.1) is 0 Å². The Morgan fingerprint density at radius 2 is 1.52 bits per heavy atom. The average Bonchev–Trinajstić information content (AvgIpc) is 2.54. The van der Waals surface area contributed by atoms with Crippen molar-refractivity contribution < 1.29 is 23.7 Å². The molecule has 1 aromatic rings. The molecule has 0 saturated carbocycles. The first-order chi connectivity index (χ1) is 10.1. The Bertz CT molecular complexity index is 482. The predicted octanol–water partition coefficient (Wildman–Crippen LogP) is 1.01. The fourth-order valence-electron chi connectivity index (χ4n) is 2.79. The Hall–Kier alpha value is -1.47. The number of β-lactam (4-membered cyclic amide) rings is 1. The van der Waals surface area contributed by atoms with Crippen LogP contribution >= 0.6 is 0 Å². The molecule has 0 aromatic heterocycles.